The molecule has 1 amide bonds. The summed E-state index contributed by atoms with van der Waals surface area (Å²) in [6.07, 6.45) is 1.61. The molecule has 112 valence electrons. The number of carbonyl (C=O) groups excluding carboxylic acids is 1. The van der Waals surface area contributed by atoms with Gasteiger partial charge in [-0.2, -0.15) is 5.10 Å². The summed E-state index contributed by atoms with van der Waals surface area (Å²) in [7, 11) is 5.26. The van der Waals surface area contributed by atoms with Gasteiger partial charge in [-0.1, -0.05) is 18.2 Å². The molecule has 0 bridgehead atoms. The predicted octanol–water partition coefficient (Wildman–Crippen LogP) is 2.57. The van der Waals surface area contributed by atoms with Crippen molar-refractivity contribution in [3.05, 3.63) is 47.3 Å². The van der Waals surface area contributed by atoms with Crippen molar-refractivity contribution in [1.82, 2.24) is 14.7 Å². The molecule has 0 spiro atoms. The summed E-state index contributed by atoms with van der Waals surface area (Å²) in [6.45, 7) is 3.88. The average molecular weight is 287 g/mol. The summed E-state index contributed by atoms with van der Waals surface area (Å²) in [5.41, 5.74) is 2.47. The van der Waals surface area contributed by atoms with Gasteiger partial charge in [-0.15, -0.1) is 0 Å². The minimum Gasteiger partial charge on any atom is -0.496 e. The van der Waals surface area contributed by atoms with Gasteiger partial charge in [0.1, 0.15) is 5.75 Å². The maximum Gasteiger partial charge on any atom is 0.257 e. The normalized spacial score (nSPS) is 12.0. The van der Waals surface area contributed by atoms with E-state index >= 15 is 0 Å². The van der Waals surface area contributed by atoms with Gasteiger partial charge in [0.05, 0.1) is 24.9 Å². The van der Waals surface area contributed by atoms with Gasteiger partial charge >= 0.3 is 0 Å². The van der Waals surface area contributed by atoms with Gasteiger partial charge in [0, 0.05) is 25.4 Å². The predicted molar refractivity (Wildman–Crippen MR) is 81.4 cm³/mol. The number of hydrogen-bond donors (Lipinski definition) is 0. The van der Waals surface area contributed by atoms with Crippen LogP contribution in [-0.2, 0) is 7.05 Å². The van der Waals surface area contributed by atoms with Crippen LogP contribution >= 0.6 is 0 Å². The Balaban J connectivity index is 2.29. The van der Waals surface area contributed by atoms with Gasteiger partial charge in [-0.3, -0.25) is 9.48 Å². The highest BCUT2D eigenvalue weighted by atomic mass is 16.5. The molecule has 21 heavy (non-hydrogen) atoms. The summed E-state index contributed by atoms with van der Waals surface area (Å²) >= 11 is 0. The van der Waals surface area contributed by atoms with Gasteiger partial charge in [0.15, 0.2) is 0 Å². The zero-order chi connectivity index (χ0) is 15.6. The zero-order valence-electron chi connectivity index (χ0n) is 13.1. The molecule has 2 aromatic rings. The van der Waals surface area contributed by atoms with Crippen molar-refractivity contribution in [3.8, 4) is 5.75 Å². The van der Waals surface area contributed by atoms with Gasteiger partial charge in [0.25, 0.3) is 5.91 Å². The van der Waals surface area contributed by atoms with Crippen LogP contribution in [-0.4, -0.2) is 34.7 Å². The Labute approximate surface area is 125 Å². The number of hydrogen-bond acceptors (Lipinski definition) is 3. The van der Waals surface area contributed by atoms with Gasteiger partial charge in [0.2, 0.25) is 0 Å². The average Bonchev–Trinajstić information content (AvgIpc) is 2.84. The van der Waals surface area contributed by atoms with Crippen molar-refractivity contribution < 1.29 is 9.53 Å². The van der Waals surface area contributed by atoms with Crippen LogP contribution in [0.1, 0.15) is 34.6 Å². The number of methoxy groups -OCH3 is 1. The standard InChI is InChI=1S/C16H21N3O2/c1-11(13-8-6-7-9-15(13)21-5)18(3)16(20)14-10-17-19(4)12(14)2/h6-11H,1-5H3. The fourth-order valence-corrected chi connectivity index (χ4v) is 2.29. The van der Waals surface area contributed by atoms with Crippen LogP contribution in [0.4, 0.5) is 0 Å². The second-order valence-electron chi connectivity index (χ2n) is 5.10. The van der Waals surface area contributed by atoms with E-state index in [9.17, 15) is 4.79 Å². The SMILES string of the molecule is COc1ccccc1C(C)N(C)C(=O)c1cnn(C)c1C. The number of amides is 1. The highest BCUT2D eigenvalue weighted by molar-refractivity contribution is 5.95. The summed E-state index contributed by atoms with van der Waals surface area (Å²) in [6, 6.07) is 7.65. The zero-order valence-corrected chi connectivity index (χ0v) is 13.1. The van der Waals surface area contributed by atoms with Crippen molar-refractivity contribution in [2.24, 2.45) is 7.05 Å². The number of aryl methyl sites for hydroxylation is 1. The van der Waals surface area contributed by atoms with Crippen molar-refractivity contribution in [2.75, 3.05) is 14.2 Å². The minimum absolute atomic E-state index is 0.0426. The third-order valence-electron chi connectivity index (χ3n) is 3.96. The number of para-hydroxylation sites is 1. The summed E-state index contributed by atoms with van der Waals surface area (Å²) < 4.78 is 7.08. The molecule has 1 aromatic carbocycles. The Morgan fingerprint density at radius 3 is 2.62 bits per heavy atom. The first kappa shape index (κ1) is 15.1. The van der Waals surface area contributed by atoms with E-state index in [2.05, 4.69) is 5.10 Å². The first-order valence-electron chi connectivity index (χ1n) is 6.86. The van der Waals surface area contributed by atoms with Crippen molar-refractivity contribution in [2.45, 2.75) is 19.9 Å². The van der Waals surface area contributed by atoms with E-state index in [4.69, 9.17) is 4.74 Å². The lowest BCUT2D eigenvalue weighted by Gasteiger charge is -2.26. The molecule has 5 nitrogen and oxygen atoms in total. The molecule has 0 N–H and O–H groups in total. The largest absolute Gasteiger partial charge is 0.496 e. The monoisotopic (exact) mass is 287 g/mol. The molecule has 0 radical (unpaired) electrons. The minimum atomic E-state index is -0.0896. The van der Waals surface area contributed by atoms with Crippen LogP contribution in [0.5, 0.6) is 5.75 Å². The molecule has 5 heteroatoms. The topological polar surface area (TPSA) is 47.4 Å². The molecule has 0 aliphatic heterocycles. The van der Waals surface area contributed by atoms with E-state index in [0.717, 1.165) is 17.0 Å². The van der Waals surface area contributed by atoms with Crippen LogP contribution in [0, 0.1) is 6.92 Å². The Hall–Kier alpha value is -2.30. The van der Waals surface area contributed by atoms with E-state index in [0.29, 0.717) is 5.56 Å². The summed E-state index contributed by atoms with van der Waals surface area (Å²) in [5.74, 6) is 0.742. The van der Waals surface area contributed by atoms with Gasteiger partial charge in [-0.25, -0.2) is 0 Å². The maximum absolute atomic E-state index is 12.6. The number of nitrogens with zero attached hydrogens (tertiary/aromatic N) is 3. The smallest absolute Gasteiger partial charge is 0.257 e. The summed E-state index contributed by atoms with van der Waals surface area (Å²) in [4.78, 5) is 14.3. The molecule has 2 rings (SSSR count). The number of rotatable bonds is 4. The number of carbonyl (C=O) groups is 1. The third-order valence-corrected chi connectivity index (χ3v) is 3.96. The van der Waals surface area contributed by atoms with Crippen LogP contribution in [0.15, 0.2) is 30.5 Å². The van der Waals surface area contributed by atoms with Crippen LogP contribution in [0.2, 0.25) is 0 Å². The first-order valence-corrected chi connectivity index (χ1v) is 6.86. The maximum atomic E-state index is 12.6. The first-order chi connectivity index (χ1) is 9.97. The van der Waals surface area contributed by atoms with E-state index in [-0.39, 0.29) is 11.9 Å². The molecule has 0 saturated heterocycles. The molecule has 1 aromatic heterocycles. The Morgan fingerprint density at radius 2 is 2.05 bits per heavy atom. The Morgan fingerprint density at radius 1 is 1.38 bits per heavy atom. The lowest BCUT2D eigenvalue weighted by atomic mass is 10.1. The molecular weight excluding hydrogens is 266 g/mol. The highest BCUT2D eigenvalue weighted by Gasteiger charge is 2.23. The molecule has 1 heterocycles. The molecule has 0 saturated carbocycles. The number of aromatic nitrogens is 2. The summed E-state index contributed by atoms with van der Waals surface area (Å²) in [5, 5.41) is 4.13. The second kappa shape index (κ2) is 5.99. The molecule has 1 unspecified atom stereocenters. The van der Waals surface area contributed by atoms with Crippen LogP contribution < -0.4 is 4.74 Å². The second-order valence-corrected chi connectivity index (χ2v) is 5.10. The fraction of sp³-hybridized carbons (Fsp3) is 0.375. The molecular formula is C16H21N3O2. The van der Waals surface area contributed by atoms with E-state index in [1.54, 1.807) is 29.9 Å². The van der Waals surface area contributed by atoms with Gasteiger partial charge < -0.3 is 9.64 Å². The van der Waals surface area contributed by atoms with Gasteiger partial charge in [-0.05, 0) is 19.9 Å². The molecule has 0 fully saturated rings. The highest BCUT2D eigenvalue weighted by Crippen LogP contribution is 2.29. The quantitative estimate of drug-likeness (QED) is 0.868. The number of benzene rings is 1. The molecule has 1 atom stereocenters. The number of ether oxygens (including phenoxy) is 1. The van der Waals surface area contributed by atoms with E-state index < -0.39 is 0 Å². The van der Waals surface area contributed by atoms with Crippen molar-refractivity contribution in [1.29, 1.82) is 0 Å². The van der Waals surface area contributed by atoms with Crippen molar-refractivity contribution >= 4 is 5.91 Å². The molecule has 0 aliphatic carbocycles. The van der Waals surface area contributed by atoms with E-state index in [1.165, 1.54) is 0 Å². The Kier molecular flexibility index (Phi) is 4.31. The third kappa shape index (κ3) is 2.77. The van der Waals surface area contributed by atoms with E-state index in [1.807, 2.05) is 45.2 Å². The lowest BCUT2D eigenvalue weighted by Crippen LogP contribution is -2.30. The molecule has 0 aliphatic rings. The Bertz CT molecular complexity index is 649. The van der Waals surface area contributed by atoms with Crippen LogP contribution in [0.3, 0.4) is 0 Å². The van der Waals surface area contributed by atoms with Crippen LogP contribution in [0.25, 0.3) is 0 Å². The van der Waals surface area contributed by atoms with Crippen molar-refractivity contribution in [3.63, 3.8) is 0 Å². The lowest BCUT2D eigenvalue weighted by molar-refractivity contribution is 0.0740. The fourth-order valence-electron chi connectivity index (χ4n) is 2.29.